The van der Waals surface area contributed by atoms with Crippen molar-refractivity contribution in [3.63, 3.8) is 0 Å². The molecule has 39 heavy (non-hydrogen) atoms. The molecule has 0 aliphatic rings. The Morgan fingerprint density at radius 3 is 2.64 bits per heavy atom. The average Bonchev–Trinajstić information content (AvgIpc) is 3.47. The summed E-state index contributed by atoms with van der Waals surface area (Å²) in [6.07, 6.45) is -0.661. The molecule has 0 saturated carbocycles. The molecule has 3 aromatic heterocycles. The second-order valence-electron chi connectivity index (χ2n) is 8.88. The number of carbonyl (C=O) groups excluding carboxylic acids is 1. The highest BCUT2D eigenvalue weighted by atomic mass is 19.4. The van der Waals surface area contributed by atoms with E-state index in [1.165, 1.54) is 12.1 Å². The van der Waals surface area contributed by atoms with Crippen LogP contribution in [0.25, 0.3) is 22.6 Å². The van der Waals surface area contributed by atoms with Gasteiger partial charge in [-0.15, -0.1) is 0 Å². The Balaban J connectivity index is 1.40. The summed E-state index contributed by atoms with van der Waals surface area (Å²) in [5, 5.41) is 2.95. The number of hydrogen-bond donors (Lipinski definition) is 2. The summed E-state index contributed by atoms with van der Waals surface area (Å²) in [5.41, 5.74) is 2.04. The zero-order chi connectivity index (χ0) is 27.7. The van der Waals surface area contributed by atoms with Crippen molar-refractivity contribution < 1.29 is 22.7 Å². The number of alkyl halides is 3. The molecule has 5 rings (SSSR count). The molecule has 0 saturated heterocycles. The van der Waals surface area contributed by atoms with E-state index in [1.807, 2.05) is 13.0 Å². The van der Waals surface area contributed by atoms with Gasteiger partial charge in [0.25, 0.3) is 0 Å². The van der Waals surface area contributed by atoms with Crippen molar-refractivity contribution in [1.29, 1.82) is 0 Å². The van der Waals surface area contributed by atoms with Gasteiger partial charge in [0.05, 0.1) is 16.6 Å². The molecule has 0 amide bonds. The average molecular weight is 533 g/mol. The standard InChI is InChI=1S/C28H23F3N6O2/c1-4-19(38)11-17-5-6-18(12-22(17)28(29,30)31)35-27-36-23-13-20(7-8-25(23)37(27)3)39-21-9-10-32-24(14-21)26-33-15-16(2)34-26/h4-10,12-15H,1,11H2,2-3H3,(H,33,34)(H,35,36). The summed E-state index contributed by atoms with van der Waals surface area (Å²) in [5.74, 6) is 1.55. The second kappa shape index (κ2) is 10.1. The van der Waals surface area contributed by atoms with E-state index in [0.29, 0.717) is 34.5 Å². The highest BCUT2D eigenvalue weighted by Gasteiger charge is 2.34. The van der Waals surface area contributed by atoms with Gasteiger partial charge in [0.1, 0.15) is 17.2 Å². The van der Waals surface area contributed by atoms with E-state index in [-0.39, 0.29) is 17.7 Å². The summed E-state index contributed by atoms with van der Waals surface area (Å²) in [4.78, 5) is 28.0. The fourth-order valence-electron chi connectivity index (χ4n) is 4.10. The number of fused-ring (bicyclic) bond motifs is 1. The second-order valence-corrected chi connectivity index (χ2v) is 8.88. The van der Waals surface area contributed by atoms with Crippen molar-refractivity contribution in [3.05, 3.63) is 90.4 Å². The normalized spacial score (nSPS) is 11.5. The van der Waals surface area contributed by atoms with Crippen LogP contribution in [-0.2, 0) is 24.4 Å². The number of carbonyl (C=O) groups is 1. The van der Waals surface area contributed by atoms with Gasteiger partial charge in [-0.3, -0.25) is 9.78 Å². The predicted octanol–water partition coefficient (Wildman–Crippen LogP) is 6.52. The number of aromatic amines is 1. The molecule has 2 N–H and O–H groups in total. The zero-order valence-corrected chi connectivity index (χ0v) is 21.0. The Morgan fingerprint density at radius 1 is 1.13 bits per heavy atom. The van der Waals surface area contributed by atoms with E-state index in [1.54, 1.807) is 48.3 Å². The van der Waals surface area contributed by atoms with Gasteiger partial charge in [-0.25, -0.2) is 9.97 Å². The minimum atomic E-state index is -4.63. The van der Waals surface area contributed by atoms with E-state index < -0.39 is 17.5 Å². The molecule has 0 bridgehead atoms. The number of aromatic nitrogens is 5. The van der Waals surface area contributed by atoms with Crippen molar-refractivity contribution in [3.8, 4) is 23.0 Å². The van der Waals surface area contributed by atoms with E-state index in [0.717, 1.165) is 23.4 Å². The number of anilines is 2. The molecule has 198 valence electrons. The number of allylic oxidation sites excluding steroid dienone is 1. The van der Waals surface area contributed by atoms with Gasteiger partial charge >= 0.3 is 6.18 Å². The summed E-state index contributed by atoms with van der Waals surface area (Å²) in [6, 6.07) is 12.6. The number of nitrogens with one attached hydrogen (secondary N) is 2. The number of benzene rings is 2. The van der Waals surface area contributed by atoms with Crippen LogP contribution < -0.4 is 10.1 Å². The Labute approximate surface area is 221 Å². The third kappa shape index (κ3) is 5.52. The number of nitrogens with zero attached hydrogens (tertiary/aromatic N) is 4. The first-order chi connectivity index (χ1) is 18.6. The number of hydrogen-bond acceptors (Lipinski definition) is 6. The summed E-state index contributed by atoms with van der Waals surface area (Å²) in [7, 11) is 1.75. The van der Waals surface area contributed by atoms with Crippen LogP contribution in [0.2, 0.25) is 0 Å². The number of halogens is 3. The topological polar surface area (TPSA) is 97.7 Å². The van der Waals surface area contributed by atoms with Crippen LogP contribution in [0.3, 0.4) is 0 Å². The maximum Gasteiger partial charge on any atom is 0.416 e. The number of ketones is 1. The highest BCUT2D eigenvalue weighted by Crippen LogP contribution is 2.35. The lowest BCUT2D eigenvalue weighted by Crippen LogP contribution is -2.12. The third-order valence-corrected chi connectivity index (χ3v) is 6.03. The van der Waals surface area contributed by atoms with E-state index in [2.05, 4.69) is 31.8 Å². The SMILES string of the molecule is C=CC(=O)Cc1ccc(Nc2nc3cc(Oc4ccnc(-c5ncc(C)[nH]5)c4)ccc3n2C)cc1C(F)(F)F. The number of ether oxygens (including phenoxy) is 1. The Hall–Kier alpha value is -4.93. The first kappa shape index (κ1) is 25.7. The number of rotatable bonds is 8. The van der Waals surface area contributed by atoms with Crippen molar-refractivity contribution >= 4 is 28.5 Å². The van der Waals surface area contributed by atoms with Crippen LogP contribution in [0.4, 0.5) is 24.8 Å². The Kier molecular flexibility index (Phi) is 6.65. The zero-order valence-electron chi connectivity index (χ0n) is 21.0. The van der Waals surface area contributed by atoms with E-state index in [9.17, 15) is 18.0 Å². The maximum atomic E-state index is 13.7. The van der Waals surface area contributed by atoms with E-state index >= 15 is 0 Å². The van der Waals surface area contributed by atoms with Gasteiger partial charge in [-0.1, -0.05) is 12.6 Å². The molecular weight excluding hydrogens is 509 g/mol. The van der Waals surface area contributed by atoms with E-state index in [4.69, 9.17) is 4.74 Å². The molecule has 0 aliphatic heterocycles. The number of H-pyrrole nitrogens is 1. The maximum absolute atomic E-state index is 13.7. The van der Waals surface area contributed by atoms with Crippen molar-refractivity contribution in [2.75, 3.05) is 5.32 Å². The molecule has 0 radical (unpaired) electrons. The monoisotopic (exact) mass is 532 g/mol. The lowest BCUT2D eigenvalue weighted by Gasteiger charge is -2.15. The summed E-state index contributed by atoms with van der Waals surface area (Å²) >= 11 is 0. The first-order valence-corrected chi connectivity index (χ1v) is 11.9. The molecule has 5 aromatic rings. The molecular formula is C28H23F3N6O2. The largest absolute Gasteiger partial charge is 0.457 e. The molecule has 11 heteroatoms. The van der Waals surface area contributed by atoms with Gasteiger partial charge in [0, 0.05) is 49.4 Å². The van der Waals surface area contributed by atoms with Gasteiger partial charge in [-0.2, -0.15) is 13.2 Å². The quantitative estimate of drug-likeness (QED) is 0.221. The first-order valence-electron chi connectivity index (χ1n) is 11.9. The summed E-state index contributed by atoms with van der Waals surface area (Å²) in [6.45, 7) is 5.23. The molecule has 8 nitrogen and oxygen atoms in total. The molecule has 3 heterocycles. The van der Waals surface area contributed by atoms with Gasteiger partial charge < -0.3 is 19.6 Å². The molecule has 0 spiro atoms. The predicted molar refractivity (Wildman–Crippen MR) is 141 cm³/mol. The molecule has 0 unspecified atom stereocenters. The Bertz CT molecular complexity index is 1700. The highest BCUT2D eigenvalue weighted by molar-refractivity contribution is 5.91. The molecule has 0 atom stereocenters. The molecule has 0 fully saturated rings. The fourth-order valence-corrected chi connectivity index (χ4v) is 4.10. The number of imidazole rings is 2. The van der Waals surface area contributed by atoms with Crippen molar-refractivity contribution in [2.45, 2.75) is 19.5 Å². The lowest BCUT2D eigenvalue weighted by atomic mass is 10.0. The lowest BCUT2D eigenvalue weighted by molar-refractivity contribution is -0.138. The van der Waals surface area contributed by atoms with Crippen molar-refractivity contribution in [1.82, 2.24) is 24.5 Å². The molecule has 2 aromatic carbocycles. The van der Waals surface area contributed by atoms with Crippen LogP contribution >= 0.6 is 0 Å². The fraction of sp³-hybridized carbons (Fsp3) is 0.143. The molecule has 0 aliphatic carbocycles. The van der Waals surface area contributed by atoms with Gasteiger partial charge in [0.15, 0.2) is 11.6 Å². The third-order valence-electron chi connectivity index (χ3n) is 6.03. The minimum Gasteiger partial charge on any atom is -0.457 e. The van der Waals surface area contributed by atoms with Gasteiger partial charge in [-0.05, 0) is 48.9 Å². The Morgan fingerprint density at radius 2 is 1.92 bits per heavy atom. The smallest absolute Gasteiger partial charge is 0.416 e. The van der Waals surface area contributed by atoms with Crippen LogP contribution in [-0.4, -0.2) is 30.3 Å². The van der Waals surface area contributed by atoms with Crippen LogP contribution in [0, 0.1) is 6.92 Å². The number of aryl methyl sites for hydroxylation is 2. The van der Waals surface area contributed by atoms with Crippen LogP contribution in [0.15, 0.2) is 73.6 Å². The summed E-state index contributed by atoms with van der Waals surface area (Å²) < 4.78 is 48.9. The van der Waals surface area contributed by atoms with Crippen LogP contribution in [0.1, 0.15) is 16.8 Å². The van der Waals surface area contributed by atoms with Crippen molar-refractivity contribution in [2.24, 2.45) is 7.05 Å². The van der Waals surface area contributed by atoms with Crippen LogP contribution in [0.5, 0.6) is 11.5 Å². The number of pyridine rings is 1. The minimum absolute atomic E-state index is 0.119. The van der Waals surface area contributed by atoms with Gasteiger partial charge in [0.2, 0.25) is 5.95 Å².